The summed E-state index contributed by atoms with van der Waals surface area (Å²) in [6.07, 6.45) is -0.797. The lowest BCUT2D eigenvalue weighted by Gasteiger charge is -2.20. The van der Waals surface area contributed by atoms with Crippen LogP contribution < -0.4 is 15.4 Å². The number of anilines is 2. The first-order valence-corrected chi connectivity index (χ1v) is 9.48. The van der Waals surface area contributed by atoms with Gasteiger partial charge in [0.25, 0.3) is 0 Å². The van der Waals surface area contributed by atoms with E-state index >= 15 is 0 Å². The molecule has 31 heavy (non-hydrogen) atoms. The van der Waals surface area contributed by atoms with Crippen molar-refractivity contribution in [1.82, 2.24) is 10.3 Å². The first-order chi connectivity index (χ1) is 14.4. The summed E-state index contributed by atoms with van der Waals surface area (Å²) >= 11 is 0. The molecule has 2 aromatic rings. The molecule has 1 heterocycles. The van der Waals surface area contributed by atoms with Gasteiger partial charge in [-0.15, -0.1) is 0 Å². The second kappa shape index (κ2) is 9.55. The molecule has 7 nitrogen and oxygen atoms in total. The number of hydrogen-bond donors (Lipinski definition) is 3. The number of carbonyl (C=O) groups excluding carboxylic acids is 1. The number of benzene rings is 1. The minimum atomic E-state index is -3.28. The number of alkyl carbamates (subject to hydrolysis) is 1. The number of pyridine rings is 1. The summed E-state index contributed by atoms with van der Waals surface area (Å²) in [4.78, 5) is 16.2. The van der Waals surface area contributed by atoms with Gasteiger partial charge in [0.15, 0.2) is 0 Å². The van der Waals surface area contributed by atoms with Crippen molar-refractivity contribution in [3.63, 3.8) is 0 Å². The fraction of sp³-hybridized carbons (Fsp3) is 0.318. The highest BCUT2D eigenvalue weighted by Gasteiger charge is 2.23. The monoisotopic (exact) mass is 432 g/mol. The fourth-order valence-corrected chi connectivity index (χ4v) is 2.57. The van der Waals surface area contributed by atoms with E-state index in [1.807, 2.05) is 0 Å². The Kier molecular flexibility index (Phi) is 7.32. The Morgan fingerprint density at radius 3 is 2.39 bits per heavy atom. The van der Waals surface area contributed by atoms with Gasteiger partial charge < -0.3 is 25.5 Å². The third-order valence-electron chi connectivity index (χ3n) is 3.73. The highest BCUT2D eigenvalue weighted by Crippen LogP contribution is 2.26. The largest absolute Gasteiger partial charge is 0.444 e. The summed E-state index contributed by atoms with van der Waals surface area (Å²) in [6, 6.07) is 7.58. The first-order valence-electron chi connectivity index (χ1n) is 9.48. The molecule has 9 heteroatoms. The summed E-state index contributed by atoms with van der Waals surface area (Å²) in [5.74, 6) is 0.364. The summed E-state index contributed by atoms with van der Waals surface area (Å²) in [6.45, 7) is 9.57. The van der Waals surface area contributed by atoms with E-state index in [1.54, 1.807) is 51.2 Å². The lowest BCUT2D eigenvalue weighted by atomic mass is 10.0. The smallest absolute Gasteiger partial charge is 0.407 e. The van der Waals surface area contributed by atoms with Crippen LogP contribution in [-0.2, 0) is 4.74 Å². The Hall–Kier alpha value is -3.49. The van der Waals surface area contributed by atoms with Crippen LogP contribution in [0.2, 0.25) is 0 Å². The summed E-state index contributed by atoms with van der Waals surface area (Å²) < 4.78 is 35.7. The van der Waals surface area contributed by atoms with E-state index in [0.29, 0.717) is 29.6 Å². The van der Waals surface area contributed by atoms with Crippen LogP contribution in [-0.4, -0.2) is 35.0 Å². The molecular weight excluding hydrogens is 406 g/mol. The number of hydrogen-bond acceptors (Lipinski definition) is 6. The van der Waals surface area contributed by atoms with Crippen LogP contribution in [0.3, 0.4) is 0 Å². The average molecular weight is 432 g/mol. The number of amides is 1. The molecule has 1 amide bonds. The molecule has 166 valence electrons. The standard InChI is InChI=1S/C22H26F2N4O3/c1-6-14-11-12-26-19(18(14)17(25)13-27-20(29)31-21(2,3)4)28-15-7-9-16(10-8-15)30-22(5,23)24/h6-12,25H,1,13H2,2-5H3,(H,26,28)(H,27,29). The van der Waals surface area contributed by atoms with Crippen molar-refractivity contribution >= 4 is 29.4 Å². The molecule has 0 aliphatic carbocycles. The lowest BCUT2D eigenvalue weighted by Crippen LogP contribution is -2.35. The van der Waals surface area contributed by atoms with Crippen molar-refractivity contribution in [3.8, 4) is 5.75 Å². The molecule has 0 atom stereocenters. The second-order valence-electron chi connectivity index (χ2n) is 7.72. The second-order valence-corrected chi connectivity index (χ2v) is 7.72. The van der Waals surface area contributed by atoms with E-state index in [2.05, 4.69) is 26.9 Å². The summed E-state index contributed by atoms with van der Waals surface area (Å²) in [5.41, 5.74) is 1.06. The molecule has 2 rings (SSSR count). The van der Waals surface area contributed by atoms with Crippen LogP contribution in [0.15, 0.2) is 43.1 Å². The molecular formula is C22H26F2N4O3. The third-order valence-corrected chi connectivity index (χ3v) is 3.73. The minimum Gasteiger partial charge on any atom is -0.444 e. The molecule has 1 aromatic carbocycles. The minimum absolute atomic E-state index is 0.0142. The number of ether oxygens (including phenoxy) is 2. The Labute approximate surface area is 180 Å². The number of nitrogens with one attached hydrogen (secondary N) is 3. The predicted octanol–water partition coefficient (Wildman–Crippen LogP) is 5.35. The molecule has 0 radical (unpaired) electrons. The van der Waals surface area contributed by atoms with Gasteiger partial charge in [-0.05, 0) is 56.7 Å². The van der Waals surface area contributed by atoms with Crippen LogP contribution in [0, 0.1) is 5.41 Å². The van der Waals surface area contributed by atoms with E-state index in [9.17, 15) is 13.6 Å². The molecule has 0 unspecified atom stereocenters. The number of carbonyl (C=O) groups is 1. The molecule has 0 saturated heterocycles. The van der Waals surface area contributed by atoms with Gasteiger partial charge in [-0.2, -0.15) is 8.78 Å². The van der Waals surface area contributed by atoms with Gasteiger partial charge in [0.1, 0.15) is 17.2 Å². The maximum Gasteiger partial charge on any atom is 0.407 e. The molecule has 0 spiro atoms. The van der Waals surface area contributed by atoms with E-state index in [4.69, 9.17) is 10.1 Å². The van der Waals surface area contributed by atoms with E-state index < -0.39 is 17.8 Å². The van der Waals surface area contributed by atoms with Crippen LogP contribution in [0.1, 0.15) is 38.8 Å². The SMILES string of the molecule is C=Cc1ccnc(Nc2ccc(OC(C)(F)F)cc2)c1C(=N)CNC(=O)OC(C)(C)C. The maximum absolute atomic E-state index is 13.0. The van der Waals surface area contributed by atoms with E-state index in [-0.39, 0.29) is 18.0 Å². The average Bonchev–Trinajstić information content (AvgIpc) is 2.65. The number of rotatable bonds is 8. The molecule has 1 aromatic heterocycles. The van der Waals surface area contributed by atoms with Crippen LogP contribution in [0.5, 0.6) is 5.75 Å². The highest BCUT2D eigenvalue weighted by molar-refractivity contribution is 6.07. The summed E-state index contributed by atoms with van der Waals surface area (Å²) in [7, 11) is 0. The lowest BCUT2D eigenvalue weighted by molar-refractivity contribution is -0.158. The zero-order valence-corrected chi connectivity index (χ0v) is 17.9. The zero-order chi connectivity index (χ0) is 23.2. The van der Waals surface area contributed by atoms with Gasteiger partial charge in [0.05, 0.1) is 12.3 Å². The Morgan fingerprint density at radius 2 is 1.84 bits per heavy atom. The Morgan fingerprint density at radius 1 is 1.19 bits per heavy atom. The van der Waals surface area contributed by atoms with Crippen LogP contribution >= 0.6 is 0 Å². The van der Waals surface area contributed by atoms with Gasteiger partial charge in [0.2, 0.25) is 0 Å². The first kappa shape index (κ1) is 23.8. The zero-order valence-electron chi connectivity index (χ0n) is 17.9. The molecule has 0 fully saturated rings. The predicted molar refractivity (Wildman–Crippen MR) is 116 cm³/mol. The molecule has 0 saturated carbocycles. The fourth-order valence-electron chi connectivity index (χ4n) is 2.57. The van der Waals surface area contributed by atoms with Crippen molar-refractivity contribution in [1.29, 1.82) is 5.41 Å². The molecule has 0 aliphatic heterocycles. The molecule has 0 aliphatic rings. The normalized spacial score (nSPS) is 11.4. The van der Waals surface area contributed by atoms with Crippen LogP contribution in [0.4, 0.5) is 25.1 Å². The van der Waals surface area contributed by atoms with E-state index in [1.165, 1.54) is 12.1 Å². The van der Waals surface area contributed by atoms with Crippen molar-refractivity contribution in [3.05, 3.63) is 54.2 Å². The number of halogens is 2. The number of alkyl halides is 2. The number of nitrogens with zero attached hydrogens (tertiary/aromatic N) is 1. The molecule has 0 bridgehead atoms. The van der Waals surface area contributed by atoms with Gasteiger partial charge in [-0.3, -0.25) is 0 Å². The van der Waals surface area contributed by atoms with Gasteiger partial charge in [0, 0.05) is 24.4 Å². The van der Waals surface area contributed by atoms with Gasteiger partial charge >= 0.3 is 12.2 Å². The number of aromatic nitrogens is 1. The van der Waals surface area contributed by atoms with Gasteiger partial charge in [-0.1, -0.05) is 12.7 Å². The quantitative estimate of drug-likeness (QED) is 0.489. The van der Waals surface area contributed by atoms with Crippen molar-refractivity contribution < 1.29 is 23.0 Å². The van der Waals surface area contributed by atoms with Gasteiger partial charge in [-0.25, -0.2) is 9.78 Å². The van der Waals surface area contributed by atoms with Crippen molar-refractivity contribution in [2.75, 3.05) is 11.9 Å². The third kappa shape index (κ3) is 7.69. The maximum atomic E-state index is 13.0. The van der Waals surface area contributed by atoms with Crippen molar-refractivity contribution in [2.24, 2.45) is 0 Å². The highest BCUT2D eigenvalue weighted by atomic mass is 19.3. The topological polar surface area (TPSA) is 96.3 Å². The Bertz CT molecular complexity index is 949. The van der Waals surface area contributed by atoms with E-state index in [0.717, 1.165) is 0 Å². The molecule has 3 N–H and O–H groups in total. The van der Waals surface area contributed by atoms with Crippen LogP contribution in [0.25, 0.3) is 6.08 Å². The van der Waals surface area contributed by atoms with Crippen molar-refractivity contribution in [2.45, 2.75) is 39.4 Å². The summed E-state index contributed by atoms with van der Waals surface area (Å²) in [5, 5.41) is 14.0. The Balaban J connectivity index is 2.19.